The second-order valence-corrected chi connectivity index (χ2v) is 4.36. The first kappa shape index (κ1) is 15.0. The van der Waals surface area contributed by atoms with Gasteiger partial charge in [0.05, 0.1) is 7.11 Å². The van der Waals surface area contributed by atoms with E-state index in [0.717, 1.165) is 38.2 Å². The van der Waals surface area contributed by atoms with Crippen molar-refractivity contribution in [1.29, 1.82) is 0 Å². The largest absolute Gasteiger partial charge is 0.496 e. The standard InChI is InChI=1S/C15H25NO2/c1-4-14(16-11-7-8-12-17-2)13-9-5-6-10-15(13)18-3/h5-6,9-10,14,16H,4,7-8,11-12H2,1-3H3. The lowest BCUT2D eigenvalue weighted by molar-refractivity contribution is 0.192. The molecule has 0 aliphatic heterocycles. The number of unbranched alkanes of at least 4 members (excludes halogenated alkanes) is 1. The lowest BCUT2D eigenvalue weighted by atomic mass is 10.0. The summed E-state index contributed by atoms with van der Waals surface area (Å²) in [5.74, 6) is 0.966. The Hall–Kier alpha value is -1.06. The number of nitrogens with one attached hydrogen (secondary N) is 1. The Labute approximate surface area is 110 Å². The van der Waals surface area contributed by atoms with Crippen LogP contribution in [0.2, 0.25) is 0 Å². The molecule has 0 fully saturated rings. The van der Waals surface area contributed by atoms with Crippen LogP contribution in [-0.2, 0) is 4.74 Å². The zero-order valence-electron chi connectivity index (χ0n) is 11.7. The first-order valence-corrected chi connectivity index (χ1v) is 6.68. The van der Waals surface area contributed by atoms with Gasteiger partial charge >= 0.3 is 0 Å². The smallest absolute Gasteiger partial charge is 0.123 e. The molecule has 1 aromatic carbocycles. The molecule has 1 rings (SSSR count). The maximum atomic E-state index is 5.41. The van der Waals surface area contributed by atoms with Crippen molar-refractivity contribution in [2.45, 2.75) is 32.2 Å². The number of methoxy groups -OCH3 is 2. The monoisotopic (exact) mass is 251 g/mol. The fraction of sp³-hybridized carbons (Fsp3) is 0.600. The van der Waals surface area contributed by atoms with Gasteiger partial charge in [0.25, 0.3) is 0 Å². The first-order chi connectivity index (χ1) is 8.83. The highest BCUT2D eigenvalue weighted by atomic mass is 16.5. The minimum Gasteiger partial charge on any atom is -0.496 e. The molecule has 0 aliphatic carbocycles. The maximum absolute atomic E-state index is 5.41. The number of para-hydroxylation sites is 1. The van der Waals surface area contributed by atoms with Crippen molar-refractivity contribution in [2.75, 3.05) is 27.4 Å². The molecule has 0 saturated carbocycles. The van der Waals surface area contributed by atoms with Crippen molar-refractivity contribution < 1.29 is 9.47 Å². The average molecular weight is 251 g/mol. The first-order valence-electron chi connectivity index (χ1n) is 6.68. The van der Waals surface area contributed by atoms with E-state index in [0.29, 0.717) is 6.04 Å². The summed E-state index contributed by atoms with van der Waals surface area (Å²) in [5.41, 5.74) is 1.24. The summed E-state index contributed by atoms with van der Waals surface area (Å²) in [6.45, 7) is 4.05. The zero-order valence-corrected chi connectivity index (χ0v) is 11.7. The summed E-state index contributed by atoms with van der Waals surface area (Å²) in [6, 6.07) is 8.59. The Morgan fingerprint density at radius 1 is 1.17 bits per heavy atom. The molecule has 0 spiro atoms. The number of benzene rings is 1. The summed E-state index contributed by atoms with van der Waals surface area (Å²) >= 11 is 0. The van der Waals surface area contributed by atoms with Crippen LogP contribution in [0.15, 0.2) is 24.3 Å². The van der Waals surface area contributed by atoms with Crippen LogP contribution >= 0.6 is 0 Å². The Morgan fingerprint density at radius 2 is 1.94 bits per heavy atom. The molecule has 1 atom stereocenters. The molecular formula is C15H25NO2. The molecule has 3 nitrogen and oxygen atoms in total. The second-order valence-electron chi connectivity index (χ2n) is 4.36. The molecule has 0 aromatic heterocycles. The van der Waals surface area contributed by atoms with Crippen LogP contribution in [0.4, 0.5) is 0 Å². The van der Waals surface area contributed by atoms with Gasteiger partial charge in [-0.1, -0.05) is 25.1 Å². The van der Waals surface area contributed by atoms with E-state index < -0.39 is 0 Å². The van der Waals surface area contributed by atoms with Crippen LogP contribution in [0.25, 0.3) is 0 Å². The minimum absolute atomic E-state index is 0.365. The van der Waals surface area contributed by atoms with Crippen molar-refractivity contribution in [3.8, 4) is 5.75 Å². The molecule has 1 aromatic rings. The molecule has 0 bridgehead atoms. The van der Waals surface area contributed by atoms with Gasteiger partial charge in [0.2, 0.25) is 0 Å². The number of rotatable bonds is 9. The third-order valence-electron chi connectivity index (χ3n) is 3.09. The van der Waals surface area contributed by atoms with E-state index in [9.17, 15) is 0 Å². The molecule has 0 heterocycles. The second kappa shape index (κ2) is 8.95. The minimum atomic E-state index is 0.365. The number of ether oxygens (including phenoxy) is 2. The number of hydrogen-bond donors (Lipinski definition) is 1. The molecular weight excluding hydrogens is 226 g/mol. The fourth-order valence-electron chi connectivity index (χ4n) is 2.08. The molecule has 102 valence electrons. The van der Waals surface area contributed by atoms with Gasteiger partial charge in [0, 0.05) is 25.3 Å². The summed E-state index contributed by atoms with van der Waals surface area (Å²) in [6.07, 6.45) is 3.30. The topological polar surface area (TPSA) is 30.5 Å². The Kier molecular flexibility index (Phi) is 7.46. The van der Waals surface area contributed by atoms with Crippen LogP contribution in [0.1, 0.15) is 37.8 Å². The van der Waals surface area contributed by atoms with E-state index in [1.807, 2.05) is 12.1 Å². The van der Waals surface area contributed by atoms with E-state index in [1.165, 1.54) is 5.56 Å². The van der Waals surface area contributed by atoms with Gasteiger partial charge in [-0.3, -0.25) is 0 Å². The van der Waals surface area contributed by atoms with Crippen molar-refractivity contribution in [2.24, 2.45) is 0 Å². The molecule has 1 unspecified atom stereocenters. The Bertz CT molecular complexity index is 328. The van der Waals surface area contributed by atoms with Crippen LogP contribution < -0.4 is 10.1 Å². The molecule has 3 heteroatoms. The fourth-order valence-corrected chi connectivity index (χ4v) is 2.08. The van der Waals surface area contributed by atoms with Gasteiger partial charge in [-0.25, -0.2) is 0 Å². The summed E-state index contributed by atoms with van der Waals surface area (Å²) in [7, 11) is 3.47. The normalized spacial score (nSPS) is 12.4. The van der Waals surface area contributed by atoms with E-state index >= 15 is 0 Å². The Balaban J connectivity index is 2.49. The highest BCUT2D eigenvalue weighted by molar-refractivity contribution is 5.35. The molecule has 0 radical (unpaired) electrons. The van der Waals surface area contributed by atoms with Crippen LogP contribution in [0, 0.1) is 0 Å². The SMILES string of the molecule is CCC(NCCCCOC)c1ccccc1OC. The van der Waals surface area contributed by atoms with E-state index in [4.69, 9.17) is 9.47 Å². The van der Waals surface area contributed by atoms with Crippen molar-refractivity contribution in [3.05, 3.63) is 29.8 Å². The lowest BCUT2D eigenvalue weighted by Gasteiger charge is -2.19. The molecule has 18 heavy (non-hydrogen) atoms. The van der Waals surface area contributed by atoms with Gasteiger partial charge < -0.3 is 14.8 Å². The van der Waals surface area contributed by atoms with Gasteiger partial charge in [0.15, 0.2) is 0 Å². The summed E-state index contributed by atoms with van der Waals surface area (Å²) in [4.78, 5) is 0. The maximum Gasteiger partial charge on any atom is 0.123 e. The molecule has 1 N–H and O–H groups in total. The summed E-state index contributed by atoms with van der Waals surface area (Å²) < 4.78 is 10.5. The average Bonchev–Trinajstić information content (AvgIpc) is 2.43. The van der Waals surface area contributed by atoms with E-state index in [1.54, 1.807) is 14.2 Å². The third-order valence-corrected chi connectivity index (χ3v) is 3.09. The van der Waals surface area contributed by atoms with Crippen LogP contribution in [-0.4, -0.2) is 27.4 Å². The Morgan fingerprint density at radius 3 is 2.61 bits per heavy atom. The third kappa shape index (κ3) is 4.67. The molecule has 0 amide bonds. The predicted molar refractivity (Wildman–Crippen MR) is 75.1 cm³/mol. The van der Waals surface area contributed by atoms with E-state index in [2.05, 4.69) is 24.4 Å². The highest BCUT2D eigenvalue weighted by Gasteiger charge is 2.12. The quantitative estimate of drug-likeness (QED) is 0.684. The molecule has 0 aliphatic rings. The zero-order chi connectivity index (χ0) is 13.2. The van der Waals surface area contributed by atoms with Crippen molar-refractivity contribution in [1.82, 2.24) is 5.32 Å². The van der Waals surface area contributed by atoms with Gasteiger partial charge in [-0.05, 0) is 31.9 Å². The van der Waals surface area contributed by atoms with Gasteiger partial charge in [-0.15, -0.1) is 0 Å². The lowest BCUT2D eigenvalue weighted by Crippen LogP contribution is -2.22. The van der Waals surface area contributed by atoms with E-state index in [-0.39, 0.29) is 0 Å². The van der Waals surface area contributed by atoms with Crippen LogP contribution in [0.5, 0.6) is 5.75 Å². The van der Waals surface area contributed by atoms with Crippen LogP contribution in [0.3, 0.4) is 0 Å². The van der Waals surface area contributed by atoms with Gasteiger partial charge in [-0.2, -0.15) is 0 Å². The predicted octanol–water partition coefficient (Wildman–Crippen LogP) is 3.16. The highest BCUT2D eigenvalue weighted by Crippen LogP contribution is 2.26. The molecule has 0 saturated heterocycles. The van der Waals surface area contributed by atoms with Crippen molar-refractivity contribution >= 4 is 0 Å². The van der Waals surface area contributed by atoms with Crippen molar-refractivity contribution in [3.63, 3.8) is 0 Å². The van der Waals surface area contributed by atoms with Gasteiger partial charge in [0.1, 0.15) is 5.75 Å². The number of hydrogen-bond acceptors (Lipinski definition) is 3. The summed E-state index contributed by atoms with van der Waals surface area (Å²) in [5, 5.41) is 3.58.